The average Bonchev–Trinajstić information content (AvgIpc) is 3.22. The monoisotopic (exact) mass is 396 g/mol. The molecule has 0 atom stereocenters. The van der Waals surface area contributed by atoms with Crippen molar-refractivity contribution in [2.24, 2.45) is 0 Å². The van der Waals surface area contributed by atoms with Gasteiger partial charge in [-0.15, -0.1) is 0 Å². The SMILES string of the molecule is CN1C(C(=O)Nc2ccc(-n3ccnc3)cc2)=C(O)c2ccccc2S1(=O)=O. The van der Waals surface area contributed by atoms with E-state index in [1.54, 1.807) is 59.7 Å². The number of nitrogens with zero attached hydrogens (tertiary/aromatic N) is 3. The minimum Gasteiger partial charge on any atom is -0.505 e. The van der Waals surface area contributed by atoms with Crippen molar-refractivity contribution in [1.82, 2.24) is 13.9 Å². The number of benzene rings is 2. The molecule has 142 valence electrons. The Hall–Kier alpha value is -3.59. The Kier molecular flexibility index (Phi) is 4.16. The number of hydrogen-bond acceptors (Lipinski definition) is 5. The first-order valence-corrected chi connectivity index (χ1v) is 9.75. The fraction of sp³-hybridized carbons (Fsp3) is 0.0526. The van der Waals surface area contributed by atoms with Crippen LogP contribution >= 0.6 is 0 Å². The predicted octanol–water partition coefficient (Wildman–Crippen LogP) is 2.37. The van der Waals surface area contributed by atoms with Crippen LogP contribution in [0.4, 0.5) is 5.69 Å². The van der Waals surface area contributed by atoms with Gasteiger partial charge < -0.3 is 15.0 Å². The zero-order valence-corrected chi connectivity index (χ0v) is 15.6. The largest absolute Gasteiger partial charge is 0.505 e. The highest BCUT2D eigenvalue weighted by atomic mass is 32.2. The van der Waals surface area contributed by atoms with Crippen molar-refractivity contribution in [2.45, 2.75) is 4.90 Å². The molecule has 9 heteroatoms. The lowest BCUT2D eigenvalue weighted by Crippen LogP contribution is -2.37. The molecule has 28 heavy (non-hydrogen) atoms. The van der Waals surface area contributed by atoms with E-state index in [1.807, 2.05) is 0 Å². The quantitative estimate of drug-likeness (QED) is 0.707. The number of aromatic nitrogens is 2. The molecular weight excluding hydrogens is 380 g/mol. The van der Waals surface area contributed by atoms with E-state index in [9.17, 15) is 18.3 Å². The molecule has 0 radical (unpaired) electrons. The van der Waals surface area contributed by atoms with E-state index in [-0.39, 0.29) is 21.9 Å². The molecule has 4 rings (SSSR count). The highest BCUT2D eigenvalue weighted by Gasteiger charge is 2.37. The van der Waals surface area contributed by atoms with Crippen molar-refractivity contribution in [3.63, 3.8) is 0 Å². The first-order valence-electron chi connectivity index (χ1n) is 8.31. The van der Waals surface area contributed by atoms with Crippen LogP contribution < -0.4 is 5.32 Å². The lowest BCUT2D eigenvalue weighted by atomic mass is 10.1. The first kappa shape index (κ1) is 17.8. The lowest BCUT2D eigenvalue weighted by Gasteiger charge is -2.28. The average molecular weight is 396 g/mol. The van der Waals surface area contributed by atoms with E-state index in [0.29, 0.717) is 5.69 Å². The summed E-state index contributed by atoms with van der Waals surface area (Å²) in [6, 6.07) is 12.9. The number of fused-ring (bicyclic) bond motifs is 1. The van der Waals surface area contributed by atoms with Gasteiger partial charge in [-0.3, -0.25) is 9.10 Å². The molecule has 2 N–H and O–H groups in total. The van der Waals surface area contributed by atoms with Crippen molar-refractivity contribution in [1.29, 1.82) is 0 Å². The third kappa shape index (κ3) is 2.81. The standard InChI is InChI=1S/C19H16N4O4S/c1-22-17(18(24)15-4-2-3-5-16(15)28(22,26)27)19(25)21-13-6-8-14(9-7-13)23-11-10-20-12-23/h2-12,24H,1H3,(H,21,25). The molecule has 1 aliphatic rings. The number of sulfonamides is 1. The molecule has 0 bridgehead atoms. The number of likely N-dealkylation sites (N-methyl/N-ethyl adjacent to an activating group) is 1. The second kappa shape index (κ2) is 6.54. The summed E-state index contributed by atoms with van der Waals surface area (Å²) in [6.45, 7) is 0. The number of rotatable bonds is 3. The van der Waals surface area contributed by atoms with Crippen LogP contribution in [0.25, 0.3) is 11.4 Å². The number of carbonyl (C=O) groups is 1. The van der Waals surface area contributed by atoms with E-state index in [2.05, 4.69) is 10.3 Å². The molecule has 0 aliphatic carbocycles. The number of aliphatic hydroxyl groups is 1. The van der Waals surface area contributed by atoms with Crippen molar-refractivity contribution in [2.75, 3.05) is 12.4 Å². The van der Waals surface area contributed by atoms with Gasteiger partial charge in [0.1, 0.15) is 0 Å². The number of nitrogens with one attached hydrogen (secondary N) is 1. The molecule has 8 nitrogen and oxygen atoms in total. The van der Waals surface area contributed by atoms with E-state index in [0.717, 1.165) is 9.99 Å². The van der Waals surface area contributed by atoms with E-state index >= 15 is 0 Å². The molecule has 0 saturated carbocycles. The highest BCUT2D eigenvalue weighted by molar-refractivity contribution is 7.89. The number of anilines is 1. The van der Waals surface area contributed by atoms with Gasteiger partial charge in [-0.2, -0.15) is 0 Å². The van der Waals surface area contributed by atoms with Gasteiger partial charge in [0.25, 0.3) is 15.9 Å². The predicted molar refractivity (Wildman–Crippen MR) is 103 cm³/mol. The van der Waals surface area contributed by atoms with Gasteiger partial charge in [-0.25, -0.2) is 13.4 Å². The summed E-state index contributed by atoms with van der Waals surface area (Å²) in [5, 5.41) is 13.2. The maximum Gasteiger partial charge on any atom is 0.276 e. The molecule has 2 heterocycles. The normalized spacial score (nSPS) is 15.2. The van der Waals surface area contributed by atoms with E-state index < -0.39 is 15.9 Å². The third-order valence-electron chi connectivity index (χ3n) is 4.46. The van der Waals surface area contributed by atoms with Crippen molar-refractivity contribution >= 4 is 27.4 Å². The molecule has 0 unspecified atom stereocenters. The maximum absolute atomic E-state index is 12.7. The lowest BCUT2D eigenvalue weighted by molar-refractivity contribution is -0.113. The molecule has 1 aromatic heterocycles. The summed E-state index contributed by atoms with van der Waals surface area (Å²) in [5.41, 5.74) is 1.07. The smallest absolute Gasteiger partial charge is 0.276 e. The third-order valence-corrected chi connectivity index (χ3v) is 6.28. The van der Waals surface area contributed by atoms with Crippen LogP contribution in [-0.4, -0.2) is 40.3 Å². The Balaban J connectivity index is 1.66. The first-order chi connectivity index (χ1) is 13.4. The molecule has 0 fully saturated rings. The van der Waals surface area contributed by atoms with Crippen LogP contribution in [0.1, 0.15) is 5.56 Å². The molecule has 3 aromatic rings. The van der Waals surface area contributed by atoms with Crippen LogP contribution in [0.3, 0.4) is 0 Å². The number of carbonyl (C=O) groups excluding carboxylic acids is 1. The van der Waals surface area contributed by atoms with Crippen LogP contribution in [0.15, 0.2) is 77.8 Å². The van der Waals surface area contributed by atoms with Crippen molar-refractivity contribution in [3.05, 3.63) is 78.5 Å². The molecule has 0 spiro atoms. The molecule has 1 amide bonds. The van der Waals surface area contributed by atoms with Crippen molar-refractivity contribution < 1.29 is 18.3 Å². The fourth-order valence-corrected chi connectivity index (χ4v) is 4.40. The van der Waals surface area contributed by atoms with Gasteiger partial charge in [-0.1, -0.05) is 12.1 Å². The molecule has 1 aliphatic heterocycles. The summed E-state index contributed by atoms with van der Waals surface area (Å²) in [6.07, 6.45) is 5.09. The summed E-state index contributed by atoms with van der Waals surface area (Å²) in [4.78, 5) is 16.7. The zero-order valence-electron chi connectivity index (χ0n) is 14.8. The number of aliphatic hydroxyl groups excluding tert-OH is 1. The maximum atomic E-state index is 12.7. The van der Waals surface area contributed by atoms with Gasteiger partial charge in [0.15, 0.2) is 11.5 Å². The van der Waals surface area contributed by atoms with Gasteiger partial charge in [0.2, 0.25) is 0 Å². The Bertz CT molecular complexity index is 1180. The van der Waals surface area contributed by atoms with Crippen LogP contribution in [0, 0.1) is 0 Å². The Morgan fingerprint density at radius 2 is 1.82 bits per heavy atom. The number of hydrogen-bond donors (Lipinski definition) is 2. The minimum atomic E-state index is -3.93. The van der Waals surface area contributed by atoms with Gasteiger partial charge >= 0.3 is 0 Å². The molecule has 0 saturated heterocycles. The summed E-state index contributed by atoms with van der Waals surface area (Å²) in [5.74, 6) is -1.12. The Labute approximate surface area is 161 Å². The van der Waals surface area contributed by atoms with Gasteiger partial charge in [-0.05, 0) is 36.4 Å². The summed E-state index contributed by atoms with van der Waals surface area (Å²) < 4.78 is 28.0. The van der Waals surface area contributed by atoms with Crippen LogP contribution in [-0.2, 0) is 14.8 Å². The topological polar surface area (TPSA) is 105 Å². The van der Waals surface area contributed by atoms with Gasteiger partial charge in [0.05, 0.1) is 11.2 Å². The Morgan fingerprint density at radius 3 is 2.50 bits per heavy atom. The molecular formula is C19H16N4O4S. The second-order valence-corrected chi connectivity index (χ2v) is 8.07. The fourth-order valence-electron chi connectivity index (χ4n) is 3.00. The minimum absolute atomic E-state index is 0.0452. The van der Waals surface area contributed by atoms with Gasteiger partial charge in [0, 0.05) is 36.4 Å². The van der Waals surface area contributed by atoms with Crippen molar-refractivity contribution in [3.8, 4) is 5.69 Å². The summed E-state index contributed by atoms with van der Waals surface area (Å²) >= 11 is 0. The van der Waals surface area contributed by atoms with Crippen LogP contribution in [0.5, 0.6) is 0 Å². The highest BCUT2D eigenvalue weighted by Crippen LogP contribution is 2.34. The zero-order chi connectivity index (χ0) is 19.9. The summed E-state index contributed by atoms with van der Waals surface area (Å²) in [7, 11) is -2.70. The Morgan fingerprint density at radius 1 is 1.11 bits per heavy atom. The number of amides is 1. The van der Waals surface area contributed by atoms with E-state index in [1.165, 1.54) is 19.2 Å². The van der Waals surface area contributed by atoms with E-state index in [4.69, 9.17) is 0 Å². The molecule has 2 aromatic carbocycles. The van der Waals surface area contributed by atoms with Crippen LogP contribution in [0.2, 0.25) is 0 Å². The second-order valence-electron chi connectivity index (χ2n) is 6.14. The number of imidazole rings is 1.